The minimum atomic E-state index is -0.0266. The number of hydrogen-bond donors (Lipinski definition) is 0. The summed E-state index contributed by atoms with van der Waals surface area (Å²) in [6.07, 6.45) is 6.72. The van der Waals surface area contributed by atoms with Crippen LogP contribution in [0.1, 0.15) is 39.5 Å². The lowest BCUT2D eigenvalue weighted by Crippen LogP contribution is -2.19. The molecule has 80 valence electrons. The first-order valence-electron chi connectivity index (χ1n) is 5.31. The summed E-state index contributed by atoms with van der Waals surface area (Å²) in [6.45, 7) is 7.97. The van der Waals surface area contributed by atoms with E-state index >= 15 is 0 Å². The second-order valence-corrected chi connectivity index (χ2v) is 4.65. The fourth-order valence-electron chi connectivity index (χ4n) is 2.29. The molecule has 1 rings (SSSR count). The molecule has 0 aromatic rings. The lowest BCUT2D eigenvalue weighted by molar-refractivity contribution is -0.108. The Labute approximate surface area is 86.3 Å². The van der Waals surface area contributed by atoms with Gasteiger partial charge in [-0.2, -0.15) is 0 Å². The molecule has 0 saturated carbocycles. The van der Waals surface area contributed by atoms with E-state index in [1.54, 1.807) is 0 Å². The summed E-state index contributed by atoms with van der Waals surface area (Å²) < 4.78 is 5.91. The lowest BCUT2D eigenvalue weighted by Gasteiger charge is -2.18. The molecule has 0 radical (unpaired) electrons. The average molecular weight is 196 g/mol. The van der Waals surface area contributed by atoms with Gasteiger partial charge in [0, 0.05) is 6.42 Å². The summed E-state index contributed by atoms with van der Waals surface area (Å²) >= 11 is 0. The van der Waals surface area contributed by atoms with Crippen molar-refractivity contribution in [1.29, 1.82) is 0 Å². The van der Waals surface area contributed by atoms with Crippen LogP contribution in [0.4, 0.5) is 0 Å². The number of rotatable bonds is 5. The van der Waals surface area contributed by atoms with Gasteiger partial charge in [0.05, 0.1) is 11.7 Å². The van der Waals surface area contributed by atoms with Crippen LogP contribution in [0, 0.1) is 5.92 Å². The number of carbonyl (C=O) groups excluding carboxylic acids is 1. The Bertz CT molecular complexity index is 208. The smallest absolute Gasteiger partial charge is 0.120 e. The average Bonchev–Trinajstić information content (AvgIpc) is 2.38. The Kier molecular flexibility index (Phi) is 3.87. The van der Waals surface area contributed by atoms with Crippen molar-refractivity contribution < 1.29 is 9.53 Å². The van der Waals surface area contributed by atoms with Crippen molar-refractivity contribution in [3.8, 4) is 0 Å². The SMILES string of the molecule is C=CC[C@H]1OC(C)(C)C[C@@H]1CCC=O. The maximum absolute atomic E-state index is 10.3. The Morgan fingerprint density at radius 1 is 1.57 bits per heavy atom. The standard InChI is InChI=1S/C12H20O2/c1-4-6-11-10(7-5-8-13)9-12(2,3)14-11/h4,8,10-11H,1,5-7,9H2,2-3H3/t10-,11+/m0/s1. The fraction of sp³-hybridized carbons (Fsp3) is 0.750. The minimum Gasteiger partial charge on any atom is -0.372 e. The molecule has 0 spiro atoms. The second-order valence-electron chi connectivity index (χ2n) is 4.65. The molecule has 2 atom stereocenters. The normalized spacial score (nSPS) is 30.1. The van der Waals surface area contributed by atoms with Gasteiger partial charge in [-0.15, -0.1) is 6.58 Å². The van der Waals surface area contributed by atoms with E-state index in [4.69, 9.17) is 4.74 Å². The van der Waals surface area contributed by atoms with Crippen molar-refractivity contribution in [3.05, 3.63) is 12.7 Å². The molecule has 0 bridgehead atoms. The molecule has 0 unspecified atom stereocenters. The summed E-state index contributed by atoms with van der Waals surface area (Å²) in [7, 11) is 0. The molecule has 1 saturated heterocycles. The topological polar surface area (TPSA) is 26.3 Å². The highest BCUT2D eigenvalue weighted by Crippen LogP contribution is 2.38. The fourth-order valence-corrected chi connectivity index (χ4v) is 2.29. The molecule has 2 nitrogen and oxygen atoms in total. The molecule has 1 fully saturated rings. The first-order valence-corrected chi connectivity index (χ1v) is 5.31. The third-order valence-corrected chi connectivity index (χ3v) is 2.80. The molecule has 0 N–H and O–H groups in total. The van der Waals surface area contributed by atoms with Crippen LogP contribution in [0.25, 0.3) is 0 Å². The van der Waals surface area contributed by atoms with Gasteiger partial charge in [0.25, 0.3) is 0 Å². The van der Waals surface area contributed by atoms with Crippen molar-refractivity contribution in [2.45, 2.75) is 51.2 Å². The van der Waals surface area contributed by atoms with E-state index in [2.05, 4.69) is 20.4 Å². The van der Waals surface area contributed by atoms with Crippen molar-refractivity contribution in [2.75, 3.05) is 0 Å². The Balaban J connectivity index is 2.52. The highest BCUT2D eigenvalue weighted by atomic mass is 16.5. The Morgan fingerprint density at radius 2 is 2.29 bits per heavy atom. The van der Waals surface area contributed by atoms with E-state index in [0.717, 1.165) is 25.5 Å². The van der Waals surface area contributed by atoms with Gasteiger partial charge in [-0.3, -0.25) is 0 Å². The molecular formula is C12H20O2. The van der Waals surface area contributed by atoms with E-state index in [0.29, 0.717) is 12.3 Å². The highest BCUT2D eigenvalue weighted by Gasteiger charge is 2.38. The summed E-state index contributed by atoms with van der Waals surface area (Å²) in [4.78, 5) is 10.3. The van der Waals surface area contributed by atoms with Crippen molar-refractivity contribution in [2.24, 2.45) is 5.92 Å². The second kappa shape index (κ2) is 4.74. The predicted molar refractivity (Wildman–Crippen MR) is 57.2 cm³/mol. The number of aldehydes is 1. The van der Waals surface area contributed by atoms with Gasteiger partial charge < -0.3 is 9.53 Å². The predicted octanol–water partition coefficient (Wildman–Crippen LogP) is 2.73. The highest BCUT2D eigenvalue weighted by molar-refractivity contribution is 5.49. The molecule has 1 aliphatic rings. The molecule has 1 aliphatic heterocycles. The van der Waals surface area contributed by atoms with Crippen molar-refractivity contribution in [3.63, 3.8) is 0 Å². The Morgan fingerprint density at radius 3 is 2.86 bits per heavy atom. The summed E-state index contributed by atoms with van der Waals surface area (Å²) in [6, 6.07) is 0. The quantitative estimate of drug-likeness (QED) is 0.499. The van der Waals surface area contributed by atoms with E-state index in [-0.39, 0.29) is 11.7 Å². The summed E-state index contributed by atoms with van der Waals surface area (Å²) in [5.74, 6) is 0.521. The van der Waals surface area contributed by atoms with Gasteiger partial charge in [0.2, 0.25) is 0 Å². The summed E-state index contributed by atoms with van der Waals surface area (Å²) in [5, 5.41) is 0. The van der Waals surface area contributed by atoms with E-state index < -0.39 is 0 Å². The van der Waals surface area contributed by atoms with Crippen molar-refractivity contribution in [1.82, 2.24) is 0 Å². The van der Waals surface area contributed by atoms with Crippen LogP contribution < -0.4 is 0 Å². The third kappa shape index (κ3) is 2.95. The van der Waals surface area contributed by atoms with Crippen LogP contribution in [0.2, 0.25) is 0 Å². The largest absolute Gasteiger partial charge is 0.372 e. The third-order valence-electron chi connectivity index (χ3n) is 2.80. The Hall–Kier alpha value is -0.630. The van der Waals surface area contributed by atoms with E-state index in [1.807, 2.05) is 6.08 Å². The van der Waals surface area contributed by atoms with Crippen LogP contribution in [0.15, 0.2) is 12.7 Å². The van der Waals surface area contributed by atoms with Gasteiger partial charge in [-0.1, -0.05) is 6.08 Å². The van der Waals surface area contributed by atoms with Gasteiger partial charge in [-0.05, 0) is 39.0 Å². The maximum atomic E-state index is 10.3. The zero-order valence-corrected chi connectivity index (χ0v) is 9.16. The first kappa shape index (κ1) is 11.4. The zero-order chi connectivity index (χ0) is 10.6. The minimum absolute atomic E-state index is 0.0266. The molecule has 1 heterocycles. The molecule has 0 amide bonds. The van der Waals surface area contributed by atoms with Gasteiger partial charge in [0.1, 0.15) is 6.29 Å². The lowest BCUT2D eigenvalue weighted by atomic mass is 9.89. The number of ether oxygens (including phenoxy) is 1. The van der Waals surface area contributed by atoms with Crippen LogP contribution in [0.5, 0.6) is 0 Å². The van der Waals surface area contributed by atoms with Gasteiger partial charge >= 0.3 is 0 Å². The molecular weight excluding hydrogens is 176 g/mol. The monoisotopic (exact) mass is 196 g/mol. The summed E-state index contributed by atoms with van der Waals surface area (Å²) in [5.41, 5.74) is -0.0266. The number of hydrogen-bond acceptors (Lipinski definition) is 2. The van der Waals surface area contributed by atoms with Crippen LogP contribution >= 0.6 is 0 Å². The molecule has 0 aromatic carbocycles. The molecule has 0 aliphatic carbocycles. The van der Waals surface area contributed by atoms with Crippen LogP contribution in [0.3, 0.4) is 0 Å². The first-order chi connectivity index (χ1) is 6.59. The number of carbonyl (C=O) groups is 1. The molecule has 14 heavy (non-hydrogen) atoms. The maximum Gasteiger partial charge on any atom is 0.120 e. The van der Waals surface area contributed by atoms with Crippen LogP contribution in [-0.4, -0.2) is 18.0 Å². The molecule has 2 heteroatoms. The molecule has 0 aromatic heterocycles. The van der Waals surface area contributed by atoms with E-state index in [1.165, 1.54) is 0 Å². The van der Waals surface area contributed by atoms with Crippen molar-refractivity contribution >= 4 is 6.29 Å². The van der Waals surface area contributed by atoms with Gasteiger partial charge in [0.15, 0.2) is 0 Å². The zero-order valence-electron chi connectivity index (χ0n) is 9.16. The van der Waals surface area contributed by atoms with Crippen LogP contribution in [-0.2, 0) is 9.53 Å². The van der Waals surface area contributed by atoms with E-state index in [9.17, 15) is 4.79 Å². The van der Waals surface area contributed by atoms with Gasteiger partial charge in [-0.25, -0.2) is 0 Å².